The van der Waals surface area contributed by atoms with Gasteiger partial charge < -0.3 is 10.5 Å². The molecule has 0 aliphatic carbocycles. The molecule has 0 spiro atoms. The lowest BCUT2D eigenvalue weighted by Gasteiger charge is -2.04. The summed E-state index contributed by atoms with van der Waals surface area (Å²) in [6.07, 6.45) is 0. The van der Waals surface area contributed by atoms with Crippen molar-refractivity contribution in [2.24, 2.45) is 5.73 Å². The van der Waals surface area contributed by atoms with Crippen molar-refractivity contribution in [2.45, 2.75) is 13.5 Å². The Hall–Kier alpha value is -1.84. The first-order valence-electron chi connectivity index (χ1n) is 4.16. The van der Waals surface area contributed by atoms with Gasteiger partial charge in [-0.25, -0.2) is 0 Å². The molecule has 4 nitrogen and oxygen atoms in total. The maximum absolute atomic E-state index is 10.5. The average molecular weight is 192 g/mol. The highest BCUT2D eigenvalue weighted by atomic mass is 16.5. The molecule has 0 amide bonds. The fourth-order valence-corrected chi connectivity index (χ4v) is 1.01. The van der Waals surface area contributed by atoms with Crippen molar-refractivity contribution in [2.75, 3.05) is 0 Å². The van der Waals surface area contributed by atoms with Crippen LogP contribution in [-0.2, 0) is 16.1 Å². The fraction of sp³-hybridized carbons (Fsp3) is 0.200. The molecule has 1 rings (SSSR count). The molecule has 0 saturated carbocycles. The molecule has 0 bridgehead atoms. The van der Waals surface area contributed by atoms with E-state index in [-0.39, 0.29) is 18.4 Å². The minimum Gasteiger partial charge on any atom is -0.461 e. The van der Waals surface area contributed by atoms with Crippen molar-refractivity contribution in [3.05, 3.63) is 35.4 Å². The number of carbonyl (C=O) groups is 1. The molecule has 4 heteroatoms. The van der Waals surface area contributed by atoms with Crippen molar-refractivity contribution in [3.8, 4) is 0 Å². The summed E-state index contributed by atoms with van der Waals surface area (Å²) in [5.41, 5.74) is 6.77. The predicted octanol–water partition coefficient (Wildman–Crippen LogP) is 1.03. The van der Waals surface area contributed by atoms with Gasteiger partial charge >= 0.3 is 5.97 Å². The van der Waals surface area contributed by atoms with Crippen LogP contribution in [0.2, 0.25) is 0 Å². The zero-order valence-corrected chi connectivity index (χ0v) is 7.91. The Bertz CT molecular complexity index is 361. The zero-order valence-electron chi connectivity index (χ0n) is 7.91. The van der Waals surface area contributed by atoms with Gasteiger partial charge in [-0.1, -0.05) is 18.2 Å². The largest absolute Gasteiger partial charge is 0.461 e. The lowest BCUT2D eigenvalue weighted by Crippen LogP contribution is -2.11. The normalized spacial score (nSPS) is 9.50. The second kappa shape index (κ2) is 4.41. The number of esters is 1. The van der Waals surface area contributed by atoms with E-state index in [1.165, 1.54) is 6.92 Å². The molecule has 1 aromatic rings. The van der Waals surface area contributed by atoms with Crippen LogP contribution in [0.1, 0.15) is 18.1 Å². The number of nitrogens with one attached hydrogen (secondary N) is 1. The number of hydrogen-bond acceptors (Lipinski definition) is 3. The first-order valence-corrected chi connectivity index (χ1v) is 4.16. The van der Waals surface area contributed by atoms with Gasteiger partial charge in [0.25, 0.3) is 0 Å². The minimum atomic E-state index is -0.321. The summed E-state index contributed by atoms with van der Waals surface area (Å²) < 4.78 is 4.81. The van der Waals surface area contributed by atoms with Gasteiger partial charge in [0, 0.05) is 12.5 Å². The van der Waals surface area contributed by atoms with E-state index in [4.69, 9.17) is 15.9 Å². The van der Waals surface area contributed by atoms with Crippen LogP contribution in [0.4, 0.5) is 0 Å². The van der Waals surface area contributed by atoms with Gasteiger partial charge in [0.2, 0.25) is 0 Å². The smallest absolute Gasteiger partial charge is 0.302 e. The number of nitrogen functional groups attached to an aromatic ring is 1. The van der Waals surface area contributed by atoms with Crippen molar-refractivity contribution in [3.63, 3.8) is 0 Å². The number of carbonyl (C=O) groups excluding carboxylic acids is 1. The van der Waals surface area contributed by atoms with E-state index in [9.17, 15) is 4.79 Å². The third kappa shape index (κ3) is 2.90. The first kappa shape index (κ1) is 10.2. The summed E-state index contributed by atoms with van der Waals surface area (Å²) in [7, 11) is 0. The van der Waals surface area contributed by atoms with E-state index in [1.54, 1.807) is 18.2 Å². The molecule has 74 valence electrons. The van der Waals surface area contributed by atoms with E-state index >= 15 is 0 Å². The Kier molecular flexibility index (Phi) is 3.23. The average Bonchev–Trinajstić information content (AvgIpc) is 2.15. The molecular weight excluding hydrogens is 180 g/mol. The van der Waals surface area contributed by atoms with Gasteiger partial charge in [0.15, 0.2) is 0 Å². The zero-order chi connectivity index (χ0) is 10.6. The summed E-state index contributed by atoms with van der Waals surface area (Å²) in [6, 6.07) is 7.05. The Morgan fingerprint density at radius 3 is 2.86 bits per heavy atom. The quantitative estimate of drug-likeness (QED) is 0.426. The fourth-order valence-electron chi connectivity index (χ4n) is 1.01. The number of benzene rings is 1. The number of nitrogens with two attached hydrogens (primary N) is 1. The standard InChI is InChI=1S/C10H12N2O2/c1-7(13)14-6-8-3-2-4-9(5-8)10(11)12/h2-5H,6H2,1H3,(H3,11,12). The van der Waals surface area contributed by atoms with Crippen molar-refractivity contribution in [1.29, 1.82) is 5.41 Å². The van der Waals surface area contributed by atoms with Crippen LogP contribution in [0.5, 0.6) is 0 Å². The van der Waals surface area contributed by atoms with Crippen LogP contribution in [0, 0.1) is 5.41 Å². The molecule has 0 fully saturated rings. The first-order chi connectivity index (χ1) is 6.59. The molecule has 0 aliphatic heterocycles. The van der Waals surface area contributed by atoms with E-state index in [0.29, 0.717) is 5.56 Å². The van der Waals surface area contributed by atoms with Crippen molar-refractivity contribution < 1.29 is 9.53 Å². The molecule has 0 aromatic heterocycles. The topological polar surface area (TPSA) is 76.2 Å². The second-order valence-corrected chi connectivity index (χ2v) is 2.89. The number of ether oxygens (including phenoxy) is 1. The molecule has 0 heterocycles. The van der Waals surface area contributed by atoms with Crippen LogP contribution in [-0.4, -0.2) is 11.8 Å². The van der Waals surface area contributed by atoms with Crippen LogP contribution in [0.25, 0.3) is 0 Å². The van der Waals surface area contributed by atoms with Crippen LogP contribution < -0.4 is 5.73 Å². The number of amidine groups is 1. The molecule has 1 aromatic carbocycles. The second-order valence-electron chi connectivity index (χ2n) is 2.89. The summed E-state index contributed by atoms with van der Waals surface area (Å²) in [6.45, 7) is 1.57. The highest BCUT2D eigenvalue weighted by molar-refractivity contribution is 5.95. The number of rotatable bonds is 3. The summed E-state index contributed by atoms with van der Waals surface area (Å²) in [4.78, 5) is 10.5. The highest BCUT2D eigenvalue weighted by Crippen LogP contribution is 2.05. The predicted molar refractivity (Wildman–Crippen MR) is 52.9 cm³/mol. The third-order valence-electron chi connectivity index (χ3n) is 1.68. The molecule has 0 unspecified atom stereocenters. The third-order valence-corrected chi connectivity index (χ3v) is 1.68. The van der Waals surface area contributed by atoms with Crippen LogP contribution in [0.15, 0.2) is 24.3 Å². The monoisotopic (exact) mass is 192 g/mol. The Labute approximate surface area is 82.2 Å². The Morgan fingerprint density at radius 1 is 1.57 bits per heavy atom. The summed E-state index contributed by atoms with van der Waals surface area (Å²) in [5, 5.41) is 7.22. The van der Waals surface area contributed by atoms with Gasteiger partial charge in [0.1, 0.15) is 12.4 Å². The Morgan fingerprint density at radius 2 is 2.29 bits per heavy atom. The SMILES string of the molecule is CC(=O)OCc1cccc(C(=N)N)c1. The summed E-state index contributed by atoms with van der Waals surface area (Å²) in [5.74, 6) is -0.312. The van der Waals surface area contributed by atoms with Gasteiger partial charge in [0.05, 0.1) is 0 Å². The molecule has 0 saturated heterocycles. The molecule has 14 heavy (non-hydrogen) atoms. The molecule has 0 aliphatic rings. The van der Waals surface area contributed by atoms with Gasteiger partial charge in [-0.05, 0) is 11.6 Å². The number of hydrogen-bond donors (Lipinski definition) is 2. The maximum atomic E-state index is 10.5. The van der Waals surface area contributed by atoms with Crippen LogP contribution in [0.3, 0.4) is 0 Å². The molecular formula is C10H12N2O2. The van der Waals surface area contributed by atoms with E-state index in [2.05, 4.69) is 0 Å². The molecule has 0 atom stereocenters. The minimum absolute atomic E-state index is 0.00896. The van der Waals surface area contributed by atoms with Crippen LogP contribution >= 0.6 is 0 Å². The summed E-state index contributed by atoms with van der Waals surface area (Å²) >= 11 is 0. The Balaban J connectivity index is 2.73. The lowest BCUT2D eigenvalue weighted by molar-refractivity contribution is -0.142. The van der Waals surface area contributed by atoms with Crippen molar-refractivity contribution in [1.82, 2.24) is 0 Å². The van der Waals surface area contributed by atoms with E-state index in [1.807, 2.05) is 6.07 Å². The maximum Gasteiger partial charge on any atom is 0.302 e. The highest BCUT2D eigenvalue weighted by Gasteiger charge is 1.99. The van der Waals surface area contributed by atoms with E-state index in [0.717, 1.165) is 5.56 Å². The van der Waals surface area contributed by atoms with Gasteiger partial charge in [-0.15, -0.1) is 0 Å². The lowest BCUT2D eigenvalue weighted by atomic mass is 10.1. The molecule has 3 N–H and O–H groups in total. The molecule has 0 radical (unpaired) electrons. The van der Waals surface area contributed by atoms with Gasteiger partial charge in [-0.2, -0.15) is 0 Å². The van der Waals surface area contributed by atoms with Gasteiger partial charge in [-0.3, -0.25) is 10.2 Å². The van der Waals surface area contributed by atoms with E-state index < -0.39 is 0 Å². The van der Waals surface area contributed by atoms with Crippen molar-refractivity contribution >= 4 is 11.8 Å².